The van der Waals surface area contributed by atoms with Crippen LogP contribution in [0, 0.1) is 0 Å². The second kappa shape index (κ2) is 13.4. The average Bonchev–Trinajstić information content (AvgIpc) is 2.66. The van der Waals surface area contributed by atoms with Crippen LogP contribution >= 0.6 is 0 Å². The molecule has 26 heavy (non-hydrogen) atoms. The highest BCUT2D eigenvalue weighted by atomic mass is 28.4. The molecule has 0 saturated heterocycles. The van der Waals surface area contributed by atoms with Crippen LogP contribution in [0.15, 0.2) is 0 Å². The summed E-state index contributed by atoms with van der Waals surface area (Å²) in [5, 5.41) is 0. The number of esters is 2. The van der Waals surface area contributed by atoms with Crippen LogP contribution in [0.5, 0.6) is 0 Å². The first-order chi connectivity index (χ1) is 12.2. The van der Waals surface area contributed by atoms with Crippen molar-refractivity contribution in [1.29, 1.82) is 0 Å². The second-order valence-electron chi connectivity index (χ2n) is 6.23. The fourth-order valence-corrected chi connectivity index (χ4v) is 4.80. The van der Waals surface area contributed by atoms with Crippen LogP contribution in [0.1, 0.15) is 25.7 Å². The van der Waals surface area contributed by atoms with E-state index in [0.29, 0.717) is 26.1 Å². The van der Waals surface area contributed by atoms with Crippen molar-refractivity contribution in [3.63, 3.8) is 0 Å². The van der Waals surface area contributed by atoms with Gasteiger partial charge in [-0.05, 0) is 38.0 Å². The zero-order valence-corrected chi connectivity index (χ0v) is 18.9. The maximum atomic E-state index is 11.6. The van der Waals surface area contributed by atoms with Gasteiger partial charge in [0, 0.05) is 28.4 Å². The normalized spacial score (nSPS) is 12.1. The summed E-state index contributed by atoms with van der Waals surface area (Å²) in [6.07, 6.45) is 1.37. The minimum absolute atomic E-state index is 0.0185. The molecular formula is C16H34O8Si2. The van der Waals surface area contributed by atoms with E-state index in [4.69, 9.17) is 27.2 Å². The lowest BCUT2D eigenvalue weighted by molar-refractivity contribution is -0.150. The summed E-state index contributed by atoms with van der Waals surface area (Å²) in [5.74, 6) is -0.808. The van der Waals surface area contributed by atoms with E-state index in [1.165, 1.54) is 0 Å². The molecule has 0 saturated carbocycles. The predicted molar refractivity (Wildman–Crippen MR) is 101 cm³/mol. The lowest BCUT2D eigenvalue weighted by atomic mass is 10.3. The first kappa shape index (κ1) is 25.2. The van der Waals surface area contributed by atoms with Gasteiger partial charge in [-0.3, -0.25) is 9.59 Å². The van der Waals surface area contributed by atoms with E-state index in [1.54, 1.807) is 28.4 Å². The molecule has 0 aliphatic carbocycles. The molecule has 0 unspecified atom stereocenters. The molecule has 0 aliphatic heterocycles. The van der Waals surface area contributed by atoms with Crippen molar-refractivity contribution in [2.24, 2.45) is 0 Å². The SMILES string of the molecule is CO[Si](C)(CCCOC(=O)CCC(=O)OCCC[Si](C)(OC)OC)OC. The number of carbonyl (C=O) groups excluding carboxylic acids is 2. The molecule has 154 valence electrons. The van der Waals surface area contributed by atoms with E-state index in [2.05, 4.69) is 0 Å². The monoisotopic (exact) mass is 410 g/mol. The van der Waals surface area contributed by atoms with Gasteiger partial charge in [0.25, 0.3) is 0 Å². The highest BCUT2D eigenvalue weighted by molar-refractivity contribution is 6.66. The van der Waals surface area contributed by atoms with Gasteiger partial charge in [-0.2, -0.15) is 0 Å². The zero-order valence-electron chi connectivity index (χ0n) is 16.9. The Morgan fingerprint density at radius 1 is 0.654 bits per heavy atom. The Kier molecular flexibility index (Phi) is 13.0. The maximum absolute atomic E-state index is 11.6. The van der Waals surface area contributed by atoms with Gasteiger partial charge in [-0.25, -0.2) is 0 Å². The van der Waals surface area contributed by atoms with E-state index < -0.39 is 29.1 Å². The Labute approximate surface area is 158 Å². The number of rotatable bonds is 15. The standard InChI is InChI=1S/C16H34O8Si2/c1-19-25(5,20-2)13-7-11-23-15(17)9-10-16(18)24-12-8-14-26(6,21-3)22-4/h7-14H2,1-6H3. The summed E-state index contributed by atoms with van der Waals surface area (Å²) < 4.78 is 31.7. The Morgan fingerprint density at radius 2 is 0.962 bits per heavy atom. The summed E-state index contributed by atoms with van der Waals surface area (Å²) >= 11 is 0. The number of hydrogen-bond acceptors (Lipinski definition) is 8. The van der Waals surface area contributed by atoms with Gasteiger partial charge in [-0.1, -0.05) is 0 Å². The first-order valence-corrected chi connectivity index (χ1v) is 13.8. The minimum atomic E-state index is -2.12. The topological polar surface area (TPSA) is 89.5 Å². The maximum Gasteiger partial charge on any atom is 0.334 e. The van der Waals surface area contributed by atoms with Crippen molar-refractivity contribution in [1.82, 2.24) is 0 Å². The molecule has 0 rings (SSSR count). The molecule has 0 fully saturated rings. The van der Waals surface area contributed by atoms with Crippen molar-refractivity contribution >= 4 is 29.1 Å². The molecule has 0 N–H and O–H groups in total. The van der Waals surface area contributed by atoms with Crippen molar-refractivity contribution in [2.75, 3.05) is 41.7 Å². The largest absolute Gasteiger partial charge is 0.466 e. The van der Waals surface area contributed by atoms with E-state index in [1.807, 2.05) is 13.1 Å². The molecule has 0 aromatic rings. The van der Waals surface area contributed by atoms with Gasteiger partial charge in [0.2, 0.25) is 0 Å². The zero-order chi connectivity index (χ0) is 20.1. The number of hydrogen-bond donors (Lipinski definition) is 0. The van der Waals surface area contributed by atoms with Crippen molar-refractivity contribution in [3.8, 4) is 0 Å². The van der Waals surface area contributed by atoms with Gasteiger partial charge in [0.1, 0.15) is 0 Å². The molecule has 10 heteroatoms. The summed E-state index contributed by atoms with van der Waals surface area (Å²) in [7, 11) is 2.25. The average molecular weight is 411 g/mol. The minimum Gasteiger partial charge on any atom is -0.466 e. The van der Waals surface area contributed by atoms with E-state index in [9.17, 15) is 9.59 Å². The van der Waals surface area contributed by atoms with Crippen LogP contribution in [0.25, 0.3) is 0 Å². The Morgan fingerprint density at radius 3 is 1.23 bits per heavy atom. The Hall–Kier alpha value is -0.786. The molecule has 0 atom stereocenters. The van der Waals surface area contributed by atoms with Gasteiger partial charge in [-0.15, -0.1) is 0 Å². The van der Waals surface area contributed by atoms with Gasteiger partial charge in [0.05, 0.1) is 26.1 Å². The number of ether oxygens (including phenoxy) is 2. The third kappa shape index (κ3) is 11.0. The van der Waals surface area contributed by atoms with Crippen LogP contribution in [0.4, 0.5) is 0 Å². The quantitative estimate of drug-likeness (QED) is 0.231. The summed E-state index contributed by atoms with van der Waals surface area (Å²) in [5.41, 5.74) is 0. The van der Waals surface area contributed by atoms with E-state index in [0.717, 1.165) is 12.1 Å². The molecule has 0 heterocycles. The van der Waals surface area contributed by atoms with Gasteiger partial charge < -0.3 is 27.2 Å². The molecule has 0 amide bonds. The van der Waals surface area contributed by atoms with E-state index >= 15 is 0 Å². The molecule has 0 aromatic carbocycles. The smallest absolute Gasteiger partial charge is 0.334 e. The molecular weight excluding hydrogens is 376 g/mol. The summed E-state index contributed by atoms with van der Waals surface area (Å²) in [4.78, 5) is 23.3. The lowest BCUT2D eigenvalue weighted by Crippen LogP contribution is -2.36. The number of carbonyl (C=O) groups is 2. The molecule has 0 spiro atoms. The lowest BCUT2D eigenvalue weighted by Gasteiger charge is -2.22. The fourth-order valence-electron chi connectivity index (χ4n) is 2.08. The van der Waals surface area contributed by atoms with Crippen molar-refractivity contribution in [2.45, 2.75) is 50.9 Å². The highest BCUT2D eigenvalue weighted by Gasteiger charge is 2.28. The fraction of sp³-hybridized carbons (Fsp3) is 0.875. The van der Waals surface area contributed by atoms with E-state index in [-0.39, 0.29) is 12.8 Å². The van der Waals surface area contributed by atoms with Gasteiger partial charge >= 0.3 is 29.1 Å². The molecule has 0 bridgehead atoms. The van der Waals surface area contributed by atoms with Crippen LogP contribution < -0.4 is 0 Å². The Balaban J connectivity index is 3.78. The summed E-state index contributed by atoms with van der Waals surface area (Å²) in [6, 6.07) is 1.47. The predicted octanol–water partition coefficient (Wildman–Crippen LogP) is 2.36. The van der Waals surface area contributed by atoms with Crippen LogP contribution in [-0.2, 0) is 36.8 Å². The third-order valence-electron chi connectivity index (χ3n) is 4.34. The summed E-state index contributed by atoms with van der Waals surface area (Å²) in [6.45, 7) is 4.49. The second-order valence-corrected chi connectivity index (χ2v) is 13.4. The molecule has 0 radical (unpaired) electrons. The van der Waals surface area contributed by atoms with Crippen molar-refractivity contribution < 1.29 is 36.8 Å². The molecule has 0 aliphatic rings. The highest BCUT2D eigenvalue weighted by Crippen LogP contribution is 2.14. The van der Waals surface area contributed by atoms with Gasteiger partial charge in [0.15, 0.2) is 0 Å². The molecule has 0 aromatic heterocycles. The van der Waals surface area contributed by atoms with Crippen molar-refractivity contribution in [3.05, 3.63) is 0 Å². The van der Waals surface area contributed by atoms with Crippen LogP contribution in [0.3, 0.4) is 0 Å². The Bertz CT molecular complexity index is 373. The van der Waals surface area contributed by atoms with Crippen LogP contribution in [0.2, 0.25) is 25.2 Å². The molecule has 8 nitrogen and oxygen atoms in total. The van der Waals surface area contributed by atoms with Crippen LogP contribution in [-0.4, -0.2) is 70.7 Å². The third-order valence-corrected chi connectivity index (χ3v) is 10.3. The first-order valence-electron chi connectivity index (χ1n) is 8.76.